The Morgan fingerprint density at radius 3 is 1.81 bits per heavy atom. The summed E-state index contributed by atoms with van der Waals surface area (Å²) in [6.45, 7) is 2.39. The summed E-state index contributed by atoms with van der Waals surface area (Å²) in [5, 5.41) is 33.5. The first-order valence-corrected chi connectivity index (χ1v) is 8.17. The summed E-state index contributed by atoms with van der Waals surface area (Å²) in [4.78, 5) is 57.5. The number of amides is 3. The SMILES string of the molecule is CC(C)CC(NC(=O)CN)C(=O)NC(CO)C(=O)NC(CC(=O)O)C(=O)O. The zero-order chi connectivity index (χ0) is 21.1. The zero-order valence-electron chi connectivity index (χ0n) is 15.1. The van der Waals surface area contributed by atoms with Crippen molar-refractivity contribution in [2.45, 2.75) is 44.8 Å². The molecule has 0 spiro atoms. The van der Waals surface area contributed by atoms with E-state index >= 15 is 0 Å². The number of carboxylic acid groups (broad SMARTS) is 2. The molecule has 0 fully saturated rings. The molecule has 0 rings (SSSR count). The van der Waals surface area contributed by atoms with Crippen molar-refractivity contribution >= 4 is 29.7 Å². The fourth-order valence-corrected chi connectivity index (χ4v) is 2.07. The summed E-state index contributed by atoms with van der Waals surface area (Å²) in [6, 6.07) is -4.28. The van der Waals surface area contributed by atoms with Crippen molar-refractivity contribution in [1.29, 1.82) is 0 Å². The molecule has 12 heteroatoms. The van der Waals surface area contributed by atoms with Crippen LogP contribution in [-0.4, -0.2) is 76.3 Å². The predicted molar refractivity (Wildman–Crippen MR) is 91.3 cm³/mol. The lowest BCUT2D eigenvalue weighted by Crippen LogP contribution is -2.57. The van der Waals surface area contributed by atoms with Gasteiger partial charge in [-0.15, -0.1) is 0 Å². The fraction of sp³-hybridized carbons (Fsp3) is 0.667. The number of carbonyl (C=O) groups excluding carboxylic acids is 3. The van der Waals surface area contributed by atoms with Crippen molar-refractivity contribution in [1.82, 2.24) is 16.0 Å². The number of nitrogens with two attached hydrogens (primary N) is 1. The van der Waals surface area contributed by atoms with Gasteiger partial charge < -0.3 is 37.0 Å². The van der Waals surface area contributed by atoms with Gasteiger partial charge in [0.1, 0.15) is 18.1 Å². The normalized spacial score (nSPS) is 14.0. The number of hydrogen-bond donors (Lipinski definition) is 7. The van der Waals surface area contributed by atoms with Crippen LogP contribution in [0.25, 0.3) is 0 Å². The first kappa shape index (κ1) is 24.3. The lowest BCUT2D eigenvalue weighted by molar-refractivity contribution is -0.147. The second kappa shape index (κ2) is 11.8. The minimum atomic E-state index is -1.73. The van der Waals surface area contributed by atoms with E-state index in [1.165, 1.54) is 0 Å². The second-order valence-corrected chi connectivity index (χ2v) is 6.19. The first-order valence-electron chi connectivity index (χ1n) is 8.17. The molecular weight excluding hydrogens is 364 g/mol. The van der Waals surface area contributed by atoms with Gasteiger partial charge in [-0.1, -0.05) is 13.8 Å². The van der Waals surface area contributed by atoms with Crippen LogP contribution in [0.5, 0.6) is 0 Å². The molecule has 3 amide bonds. The van der Waals surface area contributed by atoms with Gasteiger partial charge in [0.15, 0.2) is 0 Å². The molecule has 3 atom stereocenters. The molecule has 0 aliphatic heterocycles. The molecule has 0 saturated carbocycles. The Balaban J connectivity index is 5.10. The van der Waals surface area contributed by atoms with Crippen LogP contribution < -0.4 is 21.7 Å². The van der Waals surface area contributed by atoms with Crippen molar-refractivity contribution in [3.8, 4) is 0 Å². The van der Waals surface area contributed by atoms with Crippen LogP contribution in [0, 0.1) is 5.92 Å². The highest BCUT2D eigenvalue weighted by molar-refractivity contribution is 5.94. The van der Waals surface area contributed by atoms with Crippen LogP contribution in [0.1, 0.15) is 26.7 Å². The number of aliphatic hydroxyl groups is 1. The van der Waals surface area contributed by atoms with E-state index in [0.717, 1.165) is 0 Å². The van der Waals surface area contributed by atoms with E-state index in [4.69, 9.17) is 15.9 Å². The smallest absolute Gasteiger partial charge is 0.326 e. The highest BCUT2D eigenvalue weighted by Gasteiger charge is 2.30. The maximum Gasteiger partial charge on any atom is 0.326 e. The quantitative estimate of drug-likeness (QED) is 0.181. The maximum absolute atomic E-state index is 12.3. The largest absolute Gasteiger partial charge is 0.481 e. The molecule has 0 bridgehead atoms. The number of rotatable bonds is 12. The van der Waals surface area contributed by atoms with Crippen molar-refractivity contribution in [3.63, 3.8) is 0 Å². The summed E-state index contributed by atoms with van der Waals surface area (Å²) < 4.78 is 0. The van der Waals surface area contributed by atoms with Gasteiger partial charge in [0, 0.05) is 0 Å². The van der Waals surface area contributed by atoms with Crippen LogP contribution in [0.4, 0.5) is 0 Å². The molecule has 0 aromatic rings. The van der Waals surface area contributed by atoms with Gasteiger partial charge >= 0.3 is 11.9 Å². The lowest BCUT2D eigenvalue weighted by atomic mass is 10.0. The van der Waals surface area contributed by atoms with Gasteiger partial charge in [-0.25, -0.2) is 4.79 Å². The number of aliphatic carboxylic acids is 2. The van der Waals surface area contributed by atoms with E-state index in [2.05, 4.69) is 10.6 Å². The average molecular weight is 390 g/mol. The van der Waals surface area contributed by atoms with E-state index in [1.807, 2.05) is 5.32 Å². The summed E-state index contributed by atoms with van der Waals surface area (Å²) in [6.07, 6.45) is -0.649. The summed E-state index contributed by atoms with van der Waals surface area (Å²) in [7, 11) is 0. The second-order valence-electron chi connectivity index (χ2n) is 6.19. The molecule has 154 valence electrons. The van der Waals surface area contributed by atoms with Crippen LogP contribution in [0.3, 0.4) is 0 Å². The number of aliphatic hydroxyl groups excluding tert-OH is 1. The lowest BCUT2D eigenvalue weighted by Gasteiger charge is -2.24. The minimum Gasteiger partial charge on any atom is -0.481 e. The molecule has 0 aromatic heterocycles. The molecule has 0 radical (unpaired) electrons. The highest BCUT2D eigenvalue weighted by Crippen LogP contribution is 2.05. The molecule has 0 aromatic carbocycles. The average Bonchev–Trinajstić information content (AvgIpc) is 2.56. The summed E-state index contributed by atoms with van der Waals surface area (Å²) >= 11 is 0. The van der Waals surface area contributed by atoms with Crippen molar-refractivity contribution in [2.75, 3.05) is 13.2 Å². The Morgan fingerprint density at radius 1 is 0.889 bits per heavy atom. The fourth-order valence-electron chi connectivity index (χ4n) is 2.07. The Bertz CT molecular complexity index is 566. The van der Waals surface area contributed by atoms with Gasteiger partial charge in [-0.05, 0) is 12.3 Å². The van der Waals surface area contributed by atoms with Crippen molar-refractivity contribution < 1.29 is 39.3 Å². The van der Waals surface area contributed by atoms with Crippen LogP contribution in [0.15, 0.2) is 0 Å². The number of carbonyl (C=O) groups is 5. The molecule has 8 N–H and O–H groups in total. The Labute approximate surface area is 155 Å². The predicted octanol–water partition coefficient (Wildman–Crippen LogP) is -3.00. The maximum atomic E-state index is 12.3. The first-order chi connectivity index (χ1) is 12.5. The molecule has 12 nitrogen and oxygen atoms in total. The molecule has 3 unspecified atom stereocenters. The monoisotopic (exact) mass is 390 g/mol. The zero-order valence-corrected chi connectivity index (χ0v) is 15.1. The number of hydrogen-bond acceptors (Lipinski definition) is 7. The Kier molecular flexibility index (Phi) is 10.6. The summed E-state index contributed by atoms with van der Waals surface area (Å²) in [5.74, 6) is -5.46. The van der Waals surface area contributed by atoms with Crippen molar-refractivity contribution in [3.05, 3.63) is 0 Å². The van der Waals surface area contributed by atoms with Gasteiger partial charge in [-0.2, -0.15) is 0 Å². The number of carboxylic acids is 2. The topological polar surface area (TPSA) is 208 Å². The van der Waals surface area contributed by atoms with Gasteiger partial charge in [0.2, 0.25) is 17.7 Å². The van der Waals surface area contributed by atoms with E-state index < -0.39 is 60.8 Å². The van der Waals surface area contributed by atoms with Crippen LogP contribution in [-0.2, 0) is 24.0 Å². The molecule has 27 heavy (non-hydrogen) atoms. The van der Waals surface area contributed by atoms with E-state index in [1.54, 1.807) is 13.8 Å². The van der Waals surface area contributed by atoms with E-state index in [9.17, 15) is 29.1 Å². The third-order valence-electron chi connectivity index (χ3n) is 3.35. The number of nitrogens with one attached hydrogen (secondary N) is 3. The molecule has 0 aliphatic carbocycles. The van der Waals surface area contributed by atoms with Gasteiger partial charge in [0.05, 0.1) is 19.6 Å². The van der Waals surface area contributed by atoms with Crippen LogP contribution in [0.2, 0.25) is 0 Å². The van der Waals surface area contributed by atoms with E-state index in [-0.39, 0.29) is 18.9 Å². The third-order valence-corrected chi connectivity index (χ3v) is 3.35. The Hall–Kier alpha value is -2.73. The standard InChI is InChI=1S/C15H26N4O8/c1-7(2)3-8(17-11(21)5-16)13(24)19-10(6-20)14(25)18-9(15(26)27)4-12(22)23/h7-10,20H,3-6,16H2,1-2H3,(H,17,21)(H,18,25)(H,19,24)(H,22,23)(H,26,27). The third kappa shape index (κ3) is 9.51. The molecular formula is C15H26N4O8. The summed E-state index contributed by atoms with van der Waals surface area (Å²) in [5.41, 5.74) is 5.20. The molecule has 0 heterocycles. The highest BCUT2D eigenvalue weighted by atomic mass is 16.4. The van der Waals surface area contributed by atoms with Crippen molar-refractivity contribution in [2.24, 2.45) is 11.7 Å². The molecule has 0 aliphatic rings. The Morgan fingerprint density at radius 2 is 1.41 bits per heavy atom. The van der Waals surface area contributed by atoms with E-state index in [0.29, 0.717) is 0 Å². The minimum absolute atomic E-state index is 0.00665. The van der Waals surface area contributed by atoms with Gasteiger partial charge in [0.25, 0.3) is 0 Å². The van der Waals surface area contributed by atoms with Gasteiger partial charge in [-0.3, -0.25) is 19.2 Å². The molecule has 0 saturated heterocycles. The van der Waals surface area contributed by atoms with Crippen LogP contribution >= 0.6 is 0 Å².